The summed E-state index contributed by atoms with van der Waals surface area (Å²) >= 11 is 0. The zero-order valence-corrected chi connectivity index (χ0v) is 16.2. The summed E-state index contributed by atoms with van der Waals surface area (Å²) in [6.07, 6.45) is 1.68. The molecular formula is C20H23FN2O3S. The SMILES string of the molecule is CCN(Cc1cccc(F)c1)C(=O)c1cc(S(=O)(=O)NC2CC2)ccc1C. The summed E-state index contributed by atoms with van der Waals surface area (Å²) in [5.74, 6) is -0.630. The number of benzene rings is 2. The lowest BCUT2D eigenvalue weighted by Crippen LogP contribution is -2.31. The average Bonchev–Trinajstić information content (AvgIpc) is 3.42. The molecule has 1 saturated carbocycles. The van der Waals surface area contributed by atoms with E-state index in [1.807, 2.05) is 6.92 Å². The molecule has 1 aliphatic carbocycles. The summed E-state index contributed by atoms with van der Waals surface area (Å²) < 4.78 is 41.0. The van der Waals surface area contributed by atoms with Crippen LogP contribution >= 0.6 is 0 Å². The molecule has 7 heteroatoms. The van der Waals surface area contributed by atoms with Crippen molar-refractivity contribution in [3.8, 4) is 0 Å². The van der Waals surface area contributed by atoms with E-state index in [-0.39, 0.29) is 29.2 Å². The van der Waals surface area contributed by atoms with Gasteiger partial charge in [0, 0.05) is 24.7 Å². The quantitative estimate of drug-likeness (QED) is 0.789. The predicted octanol–water partition coefficient (Wildman–Crippen LogP) is 3.24. The fourth-order valence-corrected chi connectivity index (χ4v) is 4.17. The lowest BCUT2D eigenvalue weighted by Gasteiger charge is -2.22. The summed E-state index contributed by atoms with van der Waals surface area (Å²) in [6, 6.07) is 10.7. The Kier molecular flexibility index (Phi) is 5.62. The average molecular weight is 390 g/mol. The van der Waals surface area contributed by atoms with Crippen molar-refractivity contribution in [1.82, 2.24) is 9.62 Å². The Labute approximate surface area is 159 Å². The van der Waals surface area contributed by atoms with Gasteiger partial charge >= 0.3 is 0 Å². The van der Waals surface area contributed by atoms with Crippen LogP contribution in [-0.2, 0) is 16.6 Å². The van der Waals surface area contributed by atoms with Crippen LogP contribution in [0.5, 0.6) is 0 Å². The van der Waals surface area contributed by atoms with Crippen LogP contribution in [0.2, 0.25) is 0 Å². The molecule has 1 fully saturated rings. The van der Waals surface area contributed by atoms with Crippen molar-refractivity contribution in [2.75, 3.05) is 6.54 Å². The maximum atomic E-state index is 13.4. The largest absolute Gasteiger partial charge is 0.335 e. The predicted molar refractivity (Wildman–Crippen MR) is 101 cm³/mol. The molecule has 0 unspecified atom stereocenters. The van der Waals surface area contributed by atoms with Crippen molar-refractivity contribution < 1.29 is 17.6 Å². The monoisotopic (exact) mass is 390 g/mol. The van der Waals surface area contributed by atoms with Gasteiger partial charge in [-0.15, -0.1) is 0 Å². The number of rotatable bonds is 7. The number of hydrogen-bond acceptors (Lipinski definition) is 3. The van der Waals surface area contributed by atoms with Crippen molar-refractivity contribution in [1.29, 1.82) is 0 Å². The van der Waals surface area contributed by atoms with E-state index in [2.05, 4.69) is 4.72 Å². The first-order valence-corrected chi connectivity index (χ1v) is 10.4. The first kappa shape index (κ1) is 19.5. The highest BCUT2D eigenvalue weighted by Crippen LogP contribution is 2.24. The summed E-state index contributed by atoms with van der Waals surface area (Å²) in [7, 11) is -3.64. The van der Waals surface area contributed by atoms with Crippen molar-refractivity contribution >= 4 is 15.9 Å². The molecule has 0 saturated heterocycles. The van der Waals surface area contributed by atoms with Crippen LogP contribution < -0.4 is 4.72 Å². The van der Waals surface area contributed by atoms with Crippen LogP contribution in [0.3, 0.4) is 0 Å². The van der Waals surface area contributed by atoms with E-state index in [1.54, 1.807) is 30.0 Å². The Morgan fingerprint density at radius 1 is 1.22 bits per heavy atom. The zero-order valence-electron chi connectivity index (χ0n) is 15.4. The van der Waals surface area contributed by atoms with Crippen LogP contribution in [0.4, 0.5) is 4.39 Å². The van der Waals surface area contributed by atoms with Crippen molar-refractivity contribution in [3.63, 3.8) is 0 Å². The van der Waals surface area contributed by atoms with Gasteiger partial charge in [-0.05, 0) is 62.1 Å². The number of carbonyl (C=O) groups excluding carboxylic acids is 1. The van der Waals surface area contributed by atoms with Gasteiger partial charge in [-0.3, -0.25) is 4.79 Å². The zero-order chi connectivity index (χ0) is 19.6. The Bertz CT molecular complexity index is 955. The maximum Gasteiger partial charge on any atom is 0.254 e. The molecule has 2 aromatic rings. The molecule has 0 heterocycles. The summed E-state index contributed by atoms with van der Waals surface area (Å²) in [5.41, 5.74) is 1.72. The number of carbonyl (C=O) groups is 1. The van der Waals surface area contributed by atoms with Gasteiger partial charge in [0.05, 0.1) is 4.90 Å². The standard InChI is InChI=1S/C20H23FN2O3S/c1-3-23(13-15-5-4-6-16(21)11-15)20(24)19-12-18(10-7-14(19)2)27(25,26)22-17-8-9-17/h4-7,10-12,17,22H,3,8-9,13H2,1-2H3. The van der Waals surface area contributed by atoms with Gasteiger partial charge in [-0.2, -0.15) is 0 Å². The molecule has 0 atom stereocenters. The fraction of sp³-hybridized carbons (Fsp3) is 0.350. The van der Waals surface area contributed by atoms with E-state index >= 15 is 0 Å². The highest BCUT2D eigenvalue weighted by Gasteiger charge is 2.29. The molecule has 0 bridgehead atoms. The topological polar surface area (TPSA) is 66.5 Å². The number of aryl methyl sites for hydroxylation is 1. The Hall–Kier alpha value is -2.25. The van der Waals surface area contributed by atoms with Crippen LogP contribution in [0.25, 0.3) is 0 Å². The van der Waals surface area contributed by atoms with Gasteiger partial charge in [0.15, 0.2) is 0 Å². The third-order valence-corrected chi connectivity index (χ3v) is 6.10. The molecule has 1 aliphatic rings. The minimum Gasteiger partial charge on any atom is -0.335 e. The fourth-order valence-electron chi connectivity index (χ4n) is 2.84. The van der Waals surface area contributed by atoms with Crippen molar-refractivity contribution in [2.45, 2.75) is 44.2 Å². The molecule has 0 radical (unpaired) electrons. The van der Waals surface area contributed by atoms with E-state index in [0.717, 1.165) is 12.8 Å². The summed E-state index contributed by atoms with van der Waals surface area (Å²) in [4.78, 5) is 14.7. The molecule has 2 aromatic carbocycles. The Balaban J connectivity index is 1.86. The highest BCUT2D eigenvalue weighted by molar-refractivity contribution is 7.89. The molecule has 0 aliphatic heterocycles. The second-order valence-corrected chi connectivity index (χ2v) is 8.54. The van der Waals surface area contributed by atoms with Crippen LogP contribution in [0.1, 0.15) is 41.3 Å². The van der Waals surface area contributed by atoms with Crippen molar-refractivity contribution in [2.24, 2.45) is 0 Å². The maximum absolute atomic E-state index is 13.4. The second-order valence-electron chi connectivity index (χ2n) is 6.82. The molecule has 1 amide bonds. The number of sulfonamides is 1. The minimum absolute atomic E-state index is 0.00410. The van der Waals surface area contributed by atoms with Gasteiger partial charge in [-0.1, -0.05) is 18.2 Å². The lowest BCUT2D eigenvalue weighted by atomic mass is 10.1. The van der Waals surface area contributed by atoms with Gasteiger partial charge in [0.2, 0.25) is 10.0 Å². The molecule has 0 aromatic heterocycles. The van der Waals surface area contributed by atoms with E-state index in [1.165, 1.54) is 24.3 Å². The molecule has 144 valence electrons. The third kappa shape index (κ3) is 4.73. The Morgan fingerprint density at radius 2 is 1.96 bits per heavy atom. The normalized spacial score (nSPS) is 14.2. The van der Waals surface area contributed by atoms with E-state index in [9.17, 15) is 17.6 Å². The third-order valence-electron chi connectivity index (χ3n) is 4.58. The second kappa shape index (κ2) is 7.78. The van der Waals surface area contributed by atoms with E-state index in [0.29, 0.717) is 23.2 Å². The number of nitrogens with zero attached hydrogens (tertiary/aromatic N) is 1. The molecule has 27 heavy (non-hydrogen) atoms. The summed E-state index contributed by atoms with van der Waals surface area (Å²) in [6.45, 7) is 4.28. The van der Waals surface area contributed by atoms with Gasteiger partial charge in [0.1, 0.15) is 5.82 Å². The first-order valence-electron chi connectivity index (χ1n) is 8.97. The van der Waals surface area contributed by atoms with Crippen LogP contribution in [0, 0.1) is 12.7 Å². The van der Waals surface area contributed by atoms with Gasteiger partial charge in [0.25, 0.3) is 5.91 Å². The van der Waals surface area contributed by atoms with Crippen LogP contribution in [0.15, 0.2) is 47.4 Å². The number of amides is 1. The lowest BCUT2D eigenvalue weighted by molar-refractivity contribution is 0.0751. The minimum atomic E-state index is -3.64. The Morgan fingerprint density at radius 3 is 2.59 bits per heavy atom. The first-order chi connectivity index (χ1) is 12.8. The molecule has 1 N–H and O–H groups in total. The highest BCUT2D eigenvalue weighted by atomic mass is 32.2. The molecule has 0 spiro atoms. The van der Waals surface area contributed by atoms with Gasteiger partial charge < -0.3 is 4.90 Å². The van der Waals surface area contributed by atoms with Crippen LogP contribution in [-0.4, -0.2) is 31.8 Å². The number of hydrogen-bond donors (Lipinski definition) is 1. The van der Waals surface area contributed by atoms with E-state index < -0.39 is 10.0 Å². The van der Waals surface area contributed by atoms with Gasteiger partial charge in [-0.25, -0.2) is 17.5 Å². The number of halogens is 1. The molecule has 3 rings (SSSR count). The summed E-state index contributed by atoms with van der Waals surface area (Å²) in [5, 5.41) is 0. The molecular weight excluding hydrogens is 367 g/mol. The van der Waals surface area contributed by atoms with Crippen molar-refractivity contribution in [3.05, 3.63) is 65.0 Å². The molecule has 5 nitrogen and oxygen atoms in total. The smallest absolute Gasteiger partial charge is 0.254 e. The van der Waals surface area contributed by atoms with E-state index in [4.69, 9.17) is 0 Å². The number of nitrogens with one attached hydrogen (secondary N) is 1.